The summed E-state index contributed by atoms with van der Waals surface area (Å²) < 4.78 is 1.86. The zero-order valence-corrected chi connectivity index (χ0v) is 14.8. The summed E-state index contributed by atoms with van der Waals surface area (Å²) in [7, 11) is 1.00. The molecule has 1 fully saturated rings. The van der Waals surface area contributed by atoms with E-state index >= 15 is 0 Å². The van der Waals surface area contributed by atoms with Gasteiger partial charge in [0.2, 0.25) is 0 Å². The van der Waals surface area contributed by atoms with Crippen LogP contribution < -0.4 is 4.90 Å². The smallest absolute Gasteiger partial charge is 0.195 e. The lowest BCUT2D eigenvalue weighted by atomic mass is 10.2. The van der Waals surface area contributed by atoms with Crippen LogP contribution in [-0.4, -0.2) is 49.5 Å². The molecule has 3 heterocycles. The first-order chi connectivity index (χ1) is 12.1. The number of aromatic hydroxyl groups is 1. The van der Waals surface area contributed by atoms with Crippen molar-refractivity contribution in [1.82, 2.24) is 19.6 Å². The Labute approximate surface area is 150 Å². The van der Waals surface area contributed by atoms with Gasteiger partial charge in [0.05, 0.1) is 5.56 Å². The summed E-state index contributed by atoms with van der Waals surface area (Å²) >= 11 is 5.91. The summed E-state index contributed by atoms with van der Waals surface area (Å²) in [6.07, 6.45) is 5.85. The van der Waals surface area contributed by atoms with Crippen molar-refractivity contribution in [2.75, 3.05) is 18.6 Å². The molecule has 0 bridgehead atoms. The average molecular weight is 362 g/mol. The highest BCUT2D eigenvalue weighted by Crippen LogP contribution is 2.33. The number of aliphatic hydroxyl groups is 1. The van der Waals surface area contributed by atoms with Crippen LogP contribution in [-0.2, 0) is 0 Å². The Morgan fingerprint density at radius 1 is 1.24 bits per heavy atom. The normalized spacial score (nSPS) is 16.8. The predicted molar refractivity (Wildman–Crippen MR) is 97.1 cm³/mol. The molecule has 0 amide bonds. The van der Waals surface area contributed by atoms with Gasteiger partial charge in [-0.2, -0.15) is 0 Å². The molecule has 1 saturated heterocycles. The van der Waals surface area contributed by atoms with E-state index < -0.39 is 0 Å². The second-order valence-corrected chi connectivity index (χ2v) is 6.25. The lowest BCUT2D eigenvalue weighted by Gasteiger charge is -2.22. The topological polar surface area (TPSA) is 86.8 Å². The number of aromatic nitrogens is 4. The minimum Gasteiger partial charge on any atom is -0.507 e. The molecule has 0 aliphatic carbocycles. The van der Waals surface area contributed by atoms with E-state index in [-0.39, 0.29) is 5.75 Å². The number of phenols is 1. The molecule has 132 valence electrons. The van der Waals surface area contributed by atoms with Crippen molar-refractivity contribution in [1.29, 1.82) is 0 Å². The Hall–Kier alpha value is -2.38. The van der Waals surface area contributed by atoms with Gasteiger partial charge in [-0.3, -0.25) is 4.40 Å². The summed E-state index contributed by atoms with van der Waals surface area (Å²) in [6, 6.07) is 5.38. The Kier molecular flexibility index (Phi) is 5.06. The summed E-state index contributed by atoms with van der Waals surface area (Å²) in [4.78, 5) is 6.68. The quantitative estimate of drug-likeness (QED) is 0.729. The third-order valence-corrected chi connectivity index (χ3v) is 4.57. The molecular formula is C17H20ClN5O2. The van der Waals surface area contributed by atoms with Gasteiger partial charge in [-0.15, -0.1) is 10.2 Å². The van der Waals surface area contributed by atoms with Gasteiger partial charge in [0.25, 0.3) is 0 Å². The molecule has 1 aliphatic heterocycles. The Morgan fingerprint density at radius 2 is 2.04 bits per heavy atom. The fourth-order valence-corrected chi connectivity index (χ4v) is 3.31. The summed E-state index contributed by atoms with van der Waals surface area (Å²) in [5.41, 5.74) is 1.32. The lowest BCUT2D eigenvalue weighted by Crippen LogP contribution is -2.28. The number of nitrogens with zero attached hydrogens (tertiary/aromatic N) is 5. The van der Waals surface area contributed by atoms with Gasteiger partial charge >= 0.3 is 0 Å². The molecule has 0 spiro atoms. The lowest BCUT2D eigenvalue weighted by molar-refractivity contribution is 0.399. The highest BCUT2D eigenvalue weighted by atomic mass is 35.5. The Morgan fingerprint density at radius 3 is 2.72 bits per heavy atom. The first-order valence-electron chi connectivity index (χ1n) is 8.05. The molecule has 1 aliphatic rings. The first kappa shape index (κ1) is 17.4. The van der Waals surface area contributed by atoms with Crippen molar-refractivity contribution in [3.05, 3.63) is 35.6 Å². The minimum absolute atomic E-state index is 0.0732. The third-order valence-electron chi connectivity index (χ3n) is 4.33. The highest BCUT2D eigenvalue weighted by Gasteiger charge is 2.25. The molecule has 7 nitrogen and oxygen atoms in total. The van der Waals surface area contributed by atoms with Crippen LogP contribution in [0.25, 0.3) is 17.0 Å². The van der Waals surface area contributed by atoms with E-state index in [0.29, 0.717) is 22.5 Å². The number of anilines is 1. The van der Waals surface area contributed by atoms with Crippen LogP contribution in [0.2, 0.25) is 5.02 Å². The maximum absolute atomic E-state index is 10.2. The molecule has 1 aromatic carbocycles. The number of halogens is 1. The van der Waals surface area contributed by atoms with Gasteiger partial charge in [0.15, 0.2) is 17.3 Å². The second kappa shape index (κ2) is 7.25. The van der Waals surface area contributed by atoms with E-state index in [2.05, 4.69) is 27.0 Å². The van der Waals surface area contributed by atoms with Gasteiger partial charge in [0.1, 0.15) is 5.75 Å². The maximum Gasteiger partial charge on any atom is 0.195 e. The van der Waals surface area contributed by atoms with E-state index in [4.69, 9.17) is 16.7 Å². The minimum atomic E-state index is 0.0732. The standard InChI is InChI=1S/C16H16ClN5O.CH4O/c1-10-3-2-7-21(10)16-15-18-6-8-22(15)14(19-20-16)12-5-4-11(17)9-13(12)23;1-2/h4-6,8-10,23H,2-3,7H2,1H3;2H,1H3. The molecular weight excluding hydrogens is 342 g/mol. The van der Waals surface area contributed by atoms with Crippen LogP contribution in [0.4, 0.5) is 5.82 Å². The number of rotatable bonds is 2. The maximum atomic E-state index is 10.2. The molecule has 2 aromatic heterocycles. The summed E-state index contributed by atoms with van der Waals surface area (Å²) in [6.45, 7) is 3.15. The van der Waals surface area contributed by atoms with Crippen molar-refractivity contribution in [3.8, 4) is 17.1 Å². The van der Waals surface area contributed by atoms with E-state index in [1.54, 1.807) is 18.3 Å². The third kappa shape index (κ3) is 3.12. The van der Waals surface area contributed by atoms with Crippen molar-refractivity contribution in [2.45, 2.75) is 25.8 Å². The fourth-order valence-electron chi connectivity index (χ4n) is 3.14. The highest BCUT2D eigenvalue weighted by molar-refractivity contribution is 6.30. The largest absolute Gasteiger partial charge is 0.507 e. The molecule has 25 heavy (non-hydrogen) atoms. The number of hydrogen-bond acceptors (Lipinski definition) is 6. The zero-order valence-electron chi connectivity index (χ0n) is 14.1. The number of aliphatic hydroxyl groups excluding tert-OH is 1. The van der Waals surface area contributed by atoms with Crippen LogP contribution in [0, 0.1) is 0 Å². The van der Waals surface area contributed by atoms with E-state index in [9.17, 15) is 5.11 Å². The van der Waals surface area contributed by atoms with E-state index in [1.165, 1.54) is 6.07 Å². The van der Waals surface area contributed by atoms with E-state index in [0.717, 1.165) is 38.0 Å². The molecule has 2 N–H and O–H groups in total. The Balaban J connectivity index is 0.000000880. The summed E-state index contributed by atoms with van der Waals surface area (Å²) in [5, 5.41) is 26.4. The molecule has 4 rings (SSSR count). The van der Waals surface area contributed by atoms with Crippen LogP contribution in [0.5, 0.6) is 5.75 Å². The molecule has 3 aromatic rings. The van der Waals surface area contributed by atoms with Gasteiger partial charge in [-0.05, 0) is 38.0 Å². The molecule has 0 saturated carbocycles. The molecule has 0 radical (unpaired) electrons. The number of fused-ring (bicyclic) bond motifs is 1. The van der Waals surface area contributed by atoms with Crippen LogP contribution in [0.15, 0.2) is 30.6 Å². The van der Waals surface area contributed by atoms with Crippen molar-refractivity contribution in [3.63, 3.8) is 0 Å². The number of hydrogen-bond donors (Lipinski definition) is 2. The second-order valence-electron chi connectivity index (χ2n) is 5.81. The predicted octanol–water partition coefficient (Wildman–Crippen LogP) is 2.75. The number of phenolic OH excluding ortho intramolecular Hbond substituents is 1. The van der Waals surface area contributed by atoms with Gasteiger partial charge in [-0.25, -0.2) is 4.98 Å². The van der Waals surface area contributed by atoms with Crippen molar-refractivity contribution >= 4 is 23.1 Å². The summed E-state index contributed by atoms with van der Waals surface area (Å²) in [5.74, 6) is 1.41. The average Bonchev–Trinajstić information content (AvgIpc) is 3.25. The van der Waals surface area contributed by atoms with Gasteiger partial charge < -0.3 is 15.1 Å². The molecule has 8 heteroatoms. The van der Waals surface area contributed by atoms with Crippen LogP contribution >= 0.6 is 11.6 Å². The SMILES string of the molecule is CC1CCCN1c1nnc(-c2ccc(Cl)cc2O)n2ccnc12.CO. The van der Waals surface area contributed by atoms with Crippen molar-refractivity contribution < 1.29 is 10.2 Å². The van der Waals surface area contributed by atoms with Crippen molar-refractivity contribution in [2.24, 2.45) is 0 Å². The molecule has 1 atom stereocenters. The first-order valence-corrected chi connectivity index (χ1v) is 8.43. The zero-order chi connectivity index (χ0) is 18.0. The van der Waals surface area contributed by atoms with Gasteiger partial charge in [-0.1, -0.05) is 11.6 Å². The monoisotopic (exact) mass is 361 g/mol. The molecule has 1 unspecified atom stereocenters. The number of benzene rings is 1. The van der Waals surface area contributed by atoms with Gasteiger partial charge in [0, 0.05) is 37.1 Å². The van der Waals surface area contributed by atoms with Crippen LogP contribution in [0.1, 0.15) is 19.8 Å². The fraction of sp³-hybridized carbons (Fsp3) is 0.353. The van der Waals surface area contributed by atoms with Crippen LogP contribution in [0.3, 0.4) is 0 Å². The number of imidazole rings is 1. The van der Waals surface area contributed by atoms with E-state index in [1.807, 2.05) is 10.6 Å². The Bertz CT molecular complexity index is 883.